The second-order valence-electron chi connectivity index (χ2n) is 6.19. The molecule has 0 spiro atoms. The van der Waals surface area contributed by atoms with E-state index in [0.29, 0.717) is 5.92 Å². The van der Waals surface area contributed by atoms with Crippen LogP contribution in [0.3, 0.4) is 0 Å². The Balaban J connectivity index is 1.52. The largest absolute Gasteiger partial charge is 0.477 e. The molecular formula is C18H21N3O3. The molecule has 1 aliphatic rings. The van der Waals surface area contributed by atoms with Crippen LogP contribution >= 0.6 is 0 Å². The topological polar surface area (TPSA) is 75.4 Å². The van der Waals surface area contributed by atoms with Gasteiger partial charge in [0.2, 0.25) is 5.91 Å². The maximum Gasteiger partial charge on any atom is 0.354 e. The van der Waals surface area contributed by atoms with Gasteiger partial charge < -0.3 is 10.0 Å². The number of benzene rings is 1. The van der Waals surface area contributed by atoms with E-state index in [1.165, 1.54) is 22.5 Å². The van der Waals surface area contributed by atoms with Gasteiger partial charge in [-0.05, 0) is 36.8 Å². The Bertz CT molecular complexity index is 703. The van der Waals surface area contributed by atoms with Crippen LogP contribution in [0.15, 0.2) is 42.6 Å². The molecule has 6 nitrogen and oxygen atoms in total. The number of hydrogen-bond donors (Lipinski definition) is 1. The molecule has 24 heavy (non-hydrogen) atoms. The lowest BCUT2D eigenvalue weighted by Crippen LogP contribution is -2.41. The molecule has 2 aromatic rings. The molecule has 1 aliphatic heterocycles. The van der Waals surface area contributed by atoms with Crippen molar-refractivity contribution >= 4 is 11.9 Å². The molecule has 1 amide bonds. The van der Waals surface area contributed by atoms with E-state index >= 15 is 0 Å². The SMILES string of the molecule is O=C(O)c1ccnn1CC(=O)N1CCC(Cc2ccccc2)CC1. The first kappa shape index (κ1) is 16.2. The Kier molecular flexibility index (Phi) is 4.93. The van der Waals surface area contributed by atoms with E-state index in [1.54, 1.807) is 0 Å². The van der Waals surface area contributed by atoms with Crippen LogP contribution in [0.4, 0.5) is 0 Å². The van der Waals surface area contributed by atoms with Gasteiger partial charge in [0.1, 0.15) is 12.2 Å². The number of hydrogen-bond acceptors (Lipinski definition) is 3. The lowest BCUT2D eigenvalue weighted by atomic mass is 9.90. The minimum atomic E-state index is -1.07. The lowest BCUT2D eigenvalue weighted by molar-refractivity contribution is -0.133. The summed E-state index contributed by atoms with van der Waals surface area (Å²) in [5.74, 6) is -0.544. The standard InChI is InChI=1S/C18H21N3O3/c22-17(13-21-16(18(23)24)6-9-19-21)20-10-7-15(8-11-20)12-14-4-2-1-3-5-14/h1-6,9,15H,7-8,10-13H2,(H,23,24). The predicted octanol–water partition coefficient (Wildman–Crippen LogP) is 2.06. The fraction of sp³-hybridized carbons (Fsp3) is 0.389. The van der Waals surface area contributed by atoms with Crippen molar-refractivity contribution in [3.05, 3.63) is 53.9 Å². The van der Waals surface area contributed by atoms with Gasteiger partial charge in [-0.2, -0.15) is 5.10 Å². The van der Waals surface area contributed by atoms with E-state index in [2.05, 4.69) is 29.4 Å². The van der Waals surface area contributed by atoms with E-state index in [-0.39, 0.29) is 18.1 Å². The first-order chi connectivity index (χ1) is 11.6. The number of amides is 1. The zero-order valence-electron chi connectivity index (χ0n) is 13.5. The summed E-state index contributed by atoms with van der Waals surface area (Å²) in [7, 11) is 0. The number of carboxylic acids is 1. The van der Waals surface area contributed by atoms with Crippen LogP contribution in [0.2, 0.25) is 0 Å². The van der Waals surface area contributed by atoms with Gasteiger partial charge in [0.15, 0.2) is 0 Å². The van der Waals surface area contributed by atoms with Crippen LogP contribution in [0.25, 0.3) is 0 Å². The van der Waals surface area contributed by atoms with Crippen LogP contribution < -0.4 is 0 Å². The minimum absolute atomic E-state index is 0.0159. The smallest absolute Gasteiger partial charge is 0.354 e. The van der Waals surface area contributed by atoms with Crippen molar-refractivity contribution < 1.29 is 14.7 Å². The monoisotopic (exact) mass is 327 g/mol. The van der Waals surface area contributed by atoms with Gasteiger partial charge in [-0.15, -0.1) is 0 Å². The molecule has 0 unspecified atom stereocenters. The molecule has 1 saturated heterocycles. The van der Waals surface area contributed by atoms with Gasteiger partial charge in [0.05, 0.1) is 0 Å². The van der Waals surface area contributed by atoms with Gasteiger partial charge >= 0.3 is 5.97 Å². The Labute approximate surface area is 140 Å². The third kappa shape index (κ3) is 3.82. The van der Waals surface area contributed by atoms with Crippen molar-refractivity contribution in [3.63, 3.8) is 0 Å². The zero-order valence-corrected chi connectivity index (χ0v) is 13.5. The Hall–Kier alpha value is -2.63. The summed E-state index contributed by atoms with van der Waals surface area (Å²) in [6.45, 7) is 1.43. The van der Waals surface area contributed by atoms with E-state index in [1.807, 2.05) is 11.0 Å². The van der Waals surface area contributed by atoms with E-state index in [9.17, 15) is 9.59 Å². The molecule has 3 rings (SSSR count). The van der Waals surface area contributed by atoms with Gasteiger partial charge in [0.25, 0.3) is 0 Å². The average Bonchev–Trinajstić information content (AvgIpc) is 3.05. The Morgan fingerprint density at radius 2 is 1.83 bits per heavy atom. The van der Waals surface area contributed by atoms with Crippen LogP contribution in [-0.2, 0) is 17.8 Å². The molecule has 1 N–H and O–H groups in total. The third-order valence-corrected chi connectivity index (χ3v) is 4.56. The zero-order chi connectivity index (χ0) is 16.9. The van der Waals surface area contributed by atoms with Crippen molar-refractivity contribution in [2.24, 2.45) is 5.92 Å². The normalized spacial score (nSPS) is 15.4. The summed E-state index contributed by atoms with van der Waals surface area (Å²) in [6.07, 6.45) is 4.41. The summed E-state index contributed by atoms with van der Waals surface area (Å²) in [5, 5.41) is 13.0. The molecule has 126 valence electrons. The first-order valence-electron chi connectivity index (χ1n) is 8.20. The number of carbonyl (C=O) groups is 2. The van der Waals surface area contributed by atoms with Gasteiger partial charge in [0, 0.05) is 19.3 Å². The quantitative estimate of drug-likeness (QED) is 0.912. The van der Waals surface area contributed by atoms with Crippen molar-refractivity contribution in [2.45, 2.75) is 25.8 Å². The first-order valence-corrected chi connectivity index (χ1v) is 8.20. The summed E-state index contributed by atoms with van der Waals surface area (Å²) < 4.78 is 1.25. The van der Waals surface area contributed by atoms with Crippen molar-refractivity contribution in [2.75, 3.05) is 13.1 Å². The van der Waals surface area contributed by atoms with Gasteiger partial charge in [-0.25, -0.2) is 9.48 Å². The van der Waals surface area contributed by atoms with E-state index in [0.717, 1.165) is 32.4 Å². The van der Waals surface area contributed by atoms with Crippen molar-refractivity contribution in [3.8, 4) is 0 Å². The number of aromatic nitrogens is 2. The van der Waals surface area contributed by atoms with E-state index < -0.39 is 5.97 Å². The number of nitrogens with zero attached hydrogens (tertiary/aromatic N) is 3. The molecule has 1 aromatic heterocycles. The highest BCUT2D eigenvalue weighted by Gasteiger charge is 2.24. The van der Waals surface area contributed by atoms with Crippen LogP contribution in [-0.4, -0.2) is 44.8 Å². The Morgan fingerprint density at radius 1 is 1.12 bits per heavy atom. The average molecular weight is 327 g/mol. The molecule has 0 bridgehead atoms. The van der Waals surface area contributed by atoms with Gasteiger partial charge in [-0.1, -0.05) is 30.3 Å². The molecular weight excluding hydrogens is 306 g/mol. The van der Waals surface area contributed by atoms with Crippen molar-refractivity contribution in [1.82, 2.24) is 14.7 Å². The number of carbonyl (C=O) groups excluding carboxylic acids is 1. The minimum Gasteiger partial charge on any atom is -0.477 e. The third-order valence-electron chi connectivity index (χ3n) is 4.56. The number of carboxylic acid groups (broad SMARTS) is 1. The molecule has 0 aliphatic carbocycles. The predicted molar refractivity (Wildman–Crippen MR) is 88.6 cm³/mol. The molecule has 0 atom stereocenters. The highest BCUT2D eigenvalue weighted by atomic mass is 16.4. The van der Waals surface area contributed by atoms with Crippen LogP contribution in [0, 0.1) is 5.92 Å². The molecule has 1 fully saturated rings. The molecule has 1 aromatic carbocycles. The summed E-state index contributed by atoms with van der Waals surface area (Å²) in [6, 6.07) is 11.8. The highest BCUT2D eigenvalue weighted by molar-refractivity contribution is 5.86. The number of piperidine rings is 1. The maximum absolute atomic E-state index is 12.4. The summed E-state index contributed by atoms with van der Waals surface area (Å²) in [5.41, 5.74) is 1.38. The molecule has 0 saturated carbocycles. The maximum atomic E-state index is 12.4. The summed E-state index contributed by atoms with van der Waals surface area (Å²) >= 11 is 0. The Morgan fingerprint density at radius 3 is 2.50 bits per heavy atom. The highest BCUT2D eigenvalue weighted by Crippen LogP contribution is 2.22. The van der Waals surface area contributed by atoms with Crippen LogP contribution in [0.1, 0.15) is 28.9 Å². The molecule has 2 heterocycles. The second kappa shape index (κ2) is 7.29. The molecule has 6 heteroatoms. The summed E-state index contributed by atoms with van der Waals surface area (Å²) in [4.78, 5) is 25.3. The van der Waals surface area contributed by atoms with E-state index in [4.69, 9.17) is 5.11 Å². The number of aromatic carboxylic acids is 1. The van der Waals surface area contributed by atoms with Gasteiger partial charge in [-0.3, -0.25) is 4.79 Å². The molecule has 0 radical (unpaired) electrons. The number of rotatable bonds is 5. The second-order valence-corrected chi connectivity index (χ2v) is 6.19. The fourth-order valence-corrected chi connectivity index (χ4v) is 3.20. The lowest BCUT2D eigenvalue weighted by Gasteiger charge is -2.32. The van der Waals surface area contributed by atoms with Crippen molar-refractivity contribution in [1.29, 1.82) is 0 Å². The van der Waals surface area contributed by atoms with Crippen LogP contribution in [0.5, 0.6) is 0 Å². The fourth-order valence-electron chi connectivity index (χ4n) is 3.20. The number of likely N-dealkylation sites (tertiary alicyclic amines) is 1.